The number of piperidine rings is 1. The van der Waals surface area contributed by atoms with E-state index in [1.807, 2.05) is 0 Å². The number of pyridine rings is 1. The molecule has 0 bridgehead atoms. The fourth-order valence-electron chi connectivity index (χ4n) is 2.70. The van der Waals surface area contributed by atoms with Crippen molar-refractivity contribution in [3.8, 4) is 5.88 Å². The van der Waals surface area contributed by atoms with E-state index in [0.717, 1.165) is 31.8 Å². The second kappa shape index (κ2) is 8.29. The fourth-order valence-corrected chi connectivity index (χ4v) is 2.70. The summed E-state index contributed by atoms with van der Waals surface area (Å²) < 4.78 is 5.96. The molecular formula is C18H29N3O2. The molecule has 1 aliphatic rings. The van der Waals surface area contributed by atoms with Crippen molar-refractivity contribution < 1.29 is 9.53 Å². The minimum Gasteiger partial charge on any atom is -0.474 e. The van der Waals surface area contributed by atoms with Crippen LogP contribution in [0.1, 0.15) is 43.5 Å². The molecule has 23 heavy (non-hydrogen) atoms. The van der Waals surface area contributed by atoms with E-state index < -0.39 is 0 Å². The number of rotatable bonds is 6. The van der Waals surface area contributed by atoms with Gasteiger partial charge in [0, 0.05) is 39.4 Å². The van der Waals surface area contributed by atoms with Crippen LogP contribution in [0.5, 0.6) is 5.88 Å². The topological polar surface area (TPSA) is 45.7 Å². The monoisotopic (exact) mass is 319 g/mol. The second-order valence-electron chi connectivity index (χ2n) is 6.93. The maximum atomic E-state index is 11.8. The number of aromatic nitrogens is 1. The minimum atomic E-state index is -0.0393. The summed E-state index contributed by atoms with van der Waals surface area (Å²) in [6.45, 7) is 7.91. The van der Waals surface area contributed by atoms with E-state index in [-0.39, 0.29) is 12.0 Å². The molecule has 0 saturated carbocycles. The van der Waals surface area contributed by atoms with Gasteiger partial charge in [-0.05, 0) is 37.8 Å². The molecule has 2 heterocycles. The van der Waals surface area contributed by atoms with Crippen molar-refractivity contribution in [2.24, 2.45) is 5.92 Å². The molecule has 0 atom stereocenters. The summed E-state index contributed by atoms with van der Waals surface area (Å²) in [6, 6.07) is 3.57. The van der Waals surface area contributed by atoms with Gasteiger partial charge in [-0.15, -0.1) is 0 Å². The Kier molecular flexibility index (Phi) is 6.39. The zero-order chi connectivity index (χ0) is 16.8. The highest BCUT2D eigenvalue weighted by Crippen LogP contribution is 2.18. The SMILES string of the molecule is CC(C)CCN1CCC(Oc2ccc(C(=O)N(C)C)cn2)CC1. The van der Waals surface area contributed by atoms with Crippen LogP contribution in [0.25, 0.3) is 0 Å². The van der Waals surface area contributed by atoms with E-state index in [2.05, 4.69) is 23.7 Å². The number of hydrogen-bond acceptors (Lipinski definition) is 4. The first-order valence-corrected chi connectivity index (χ1v) is 8.52. The zero-order valence-electron chi connectivity index (χ0n) is 14.8. The first-order chi connectivity index (χ1) is 11.0. The lowest BCUT2D eigenvalue weighted by molar-refractivity contribution is 0.0826. The Morgan fingerprint density at radius 2 is 2.04 bits per heavy atom. The van der Waals surface area contributed by atoms with Crippen LogP contribution >= 0.6 is 0 Å². The van der Waals surface area contributed by atoms with E-state index in [9.17, 15) is 4.79 Å². The molecule has 5 nitrogen and oxygen atoms in total. The summed E-state index contributed by atoms with van der Waals surface area (Å²) in [7, 11) is 3.47. The minimum absolute atomic E-state index is 0.0393. The summed E-state index contributed by atoms with van der Waals surface area (Å²) in [4.78, 5) is 20.2. The van der Waals surface area contributed by atoms with Crippen molar-refractivity contribution in [3.05, 3.63) is 23.9 Å². The number of likely N-dealkylation sites (tertiary alicyclic amines) is 1. The number of carbonyl (C=O) groups excluding carboxylic acids is 1. The summed E-state index contributed by atoms with van der Waals surface area (Å²) in [6.07, 6.45) is 5.16. The average Bonchev–Trinajstić information content (AvgIpc) is 2.54. The van der Waals surface area contributed by atoms with Gasteiger partial charge in [-0.1, -0.05) is 13.8 Å². The summed E-state index contributed by atoms with van der Waals surface area (Å²) in [5, 5.41) is 0. The number of nitrogens with zero attached hydrogens (tertiary/aromatic N) is 3. The molecule has 0 spiro atoms. The summed E-state index contributed by atoms with van der Waals surface area (Å²) in [5.41, 5.74) is 0.589. The van der Waals surface area contributed by atoms with Crippen LogP contribution in [0, 0.1) is 5.92 Å². The Bertz CT molecular complexity index is 491. The quantitative estimate of drug-likeness (QED) is 0.809. The maximum absolute atomic E-state index is 11.8. The molecule has 1 aromatic rings. The third-order valence-corrected chi connectivity index (χ3v) is 4.23. The van der Waals surface area contributed by atoms with Crippen LogP contribution in [0.3, 0.4) is 0 Å². The average molecular weight is 319 g/mol. The molecule has 1 aliphatic heterocycles. The first-order valence-electron chi connectivity index (χ1n) is 8.52. The van der Waals surface area contributed by atoms with Crippen LogP contribution in [-0.2, 0) is 0 Å². The number of hydrogen-bond donors (Lipinski definition) is 0. The number of carbonyl (C=O) groups is 1. The molecule has 5 heteroatoms. The molecule has 0 radical (unpaired) electrons. The molecule has 128 valence electrons. The van der Waals surface area contributed by atoms with Crippen LogP contribution < -0.4 is 4.74 Å². The molecule has 1 aromatic heterocycles. The van der Waals surface area contributed by atoms with E-state index in [0.29, 0.717) is 11.4 Å². The molecule has 2 rings (SSSR count). The molecule has 0 aromatic carbocycles. The van der Waals surface area contributed by atoms with Gasteiger partial charge in [-0.3, -0.25) is 4.79 Å². The predicted octanol–water partition coefficient (Wildman–Crippen LogP) is 2.67. The van der Waals surface area contributed by atoms with Crippen molar-refractivity contribution in [1.82, 2.24) is 14.8 Å². The van der Waals surface area contributed by atoms with Gasteiger partial charge in [-0.25, -0.2) is 4.98 Å². The van der Waals surface area contributed by atoms with E-state index >= 15 is 0 Å². The fraction of sp³-hybridized carbons (Fsp3) is 0.667. The van der Waals surface area contributed by atoms with Crippen LogP contribution in [-0.4, -0.2) is 60.5 Å². The molecule has 0 unspecified atom stereocenters. The lowest BCUT2D eigenvalue weighted by Gasteiger charge is -2.32. The molecular weight excluding hydrogens is 290 g/mol. The van der Waals surface area contributed by atoms with Crippen LogP contribution in [0.15, 0.2) is 18.3 Å². The van der Waals surface area contributed by atoms with Gasteiger partial charge in [0.2, 0.25) is 5.88 Å². The van der Waals surface area contributed by atoms with E-state index in [4.69, 9.17) is 4.74 Å². The highest BCUT2D eigenvalue weighted by atomic mass is 16.5. The van der Waals surface area contributed by atoms with Gasteiger partial charge in [0.15, 0.2) is 0 Å². The van der Waals surface area contributed by atoms with Gasteiger partial charge >= 0.3 is 0 Å². The predicted molar refractivity (Wildman–Crippen MR) is 91.8 cm³/mol. The van der Waals surface area contributed by atoms with Gasteiger partial charge in [0.1, 0.15) is 6.10 Å². The van der Waals surface area contributed by atoms with Crippen molar-refractivity contribution in [3.63, 3.8) is 0 Å². The molecule has 1 amide bonds. The highest BCUT2D eigenvalue weighted by Gasteiger charge is 2.21. The molecule has 1 fully saturated rings. The largest absolute Gasteiger partial charge is 0.474 e. The summed E-state index contributed by atoms with van der Waals surface area (Å²) >= 11 is 0. The normalized spacial score (nSPS) is 16.6. The summed E-state index contributed by atoms with van der Waals surface area (Å²) in [5.74, 6) is 1.33. The van der Waals surface area contributed by atoms with Crippen LogP contribution in [0.2, 0.25) is 0 Å². The van der Waals surface area contributed by atoms with Gasteiger partial charge in [-0.2, -0.15) is 0 Å². The standard InChI is InChI=1S/C18H29N3O2/c1-14(2)7-10-21-11-8-16(9-12-21)23-17-6-5-15(13-19-17)18(22)20(3)4/h5-6,13-14,16H,7-12H2,1-4H3. The Morgan fingerprint density at radius 1 is 1.35 bits per heavy atom. The molecule has 1 saturated heterocycles. The maximum Gasteiger partial charge on any atom is 0.254 e. The zero-order valence-corrected chi connectivity index (χ0v) is 14.8. The molecule has 0 aliphatic carbocycles. The van der Waals surface area contributed by atoms with Crippen molar-refractivity contribution in [2.75, 3.05) is 33.7 Å². The van der Waals surface area contributed by atoms with Gasteiger partial charge < -0.3 is 14.5 Å². The Labute approximate surface area is 139 Å². The molecule has 0 N–H and O–H groups in total. The van der Waals surface area contributed by atoms with Crippen molar-refractivity contribution in [1.29, 1.82) is 0 Å². The van der Waals surface area contributed by atoms with Gasteiger partial charge in [0.05, 0.1) is 5.56 Å². The lowest BCUT2D eigenvalue weighted by atomic mass is 10.1. The third kappa shape index (κ3) is 5.50. The van der Waals surface area contributed by atoms with E-state index in [1.54, 1.807) is 37.3 Å². The number of ether oxygens (including phenoxy) is 1. The Hall–Kier alpha value is -1.62. The first kappa shape index (κ1) is 17.7. The lowest BCUT2D eigenvalue weighted by Crippen LogP contribution is -2.39. The van der Waals surface area contributed by atoms with E-state index in [1.165, 1.54) is 13.0 Å². The second-order valence-corrected chi connectivity index (χ2v) is 6.93. The highest BCUT2D eigenvalue weighted by molar-refractivity contribution is 5.93. The van der Waals surface area contributed by atoms with Crippen molar-refractivity contribution >= 4 is 5.91 Å². The smallest absolute Gasteiger partial charge is 0.254 e. The Morgan fingerprint density at radius 3 is 2.57 bits per heavy atom. The van der Waals surface area contributed by atoms with Gasteiger partial charge in [0.25, 0.3) is 5.91 Å². The number of amides is 1. The Balaban J connectivity index is 1.79. The third-order valence-electron chi connectivity index (χ3n) is 4.23. The van der Waals surface area contributed by atoms with Crippen LogP contribution in [0.4, 0.5) is 0 Å². The van der Waals surface area contributed by atoms with Crippen molar-refractivity contribution in [2.45, 2.75) is 39.2 Å².